The molecule has 3 heteroatoms. The van der Waals surface area contributed by atoms with Gasteiger partial charge in [-0.1, -0.05) is 33.7 Å². The van der Waals surface area contributed by atoms with E-state index >= 15 is 0 Å². The van der Waals surface area contributed by atoms with Crippen molar-refractivity contribution in [1.29, 1.82) is 0 Å². The number of carbonyl (C=O) groups is 1. The number of ketones is 1. The number of hydrogen-bond donors (Lipinski definition) is 0. The molecule has 68 valence electrons. The van der Waals surface area contributed by atoms with Gasteiger partial charge < -0.3 is 0 Å². The fourth-order valence-corrected chi connectivity index (χ4v) is 2.01. The van der Waals surface area contributed by atoms with E-state index in [1.807, 2.05) is 28.9 Å². The molecule has 0 bridgehead atoms. The first-order valence-electron chi connectivity index (χ1n) is 4.33. The summed E-state index contributed by atoms with van der Waals surface area (Å²) in [5.74, 6) is 0.212. The van der Waals surface area contributed by atoms with E-state index in [0.717, 1.165) is 11.1 Å². The summed E-state index contributed by atoms with van der Waals surface area (Å²) in [7, 11) is 2.60. The Hall–Kier alpha value is -0.720. The van der Waals surface area contributed by atoms with Crippen molar-refractivity contribution in [2.45, 2.75) is 13.0 Å². The number of carbonyl (C=O) groups excluding carboxylic acids is 1. The molecule has 1 aliphatic rings. The van der Waals surface area contributed by atoms with Gasteiger partial charge in [0.15, 0.2) is 5.78 Å². The highest BCUT2D eigenvalue weighted by Gasteiger charge is 2.25. The second-order valence-corrected chi connectivity index (χ2v) is 4.02. The fourth-order valence-electron chi connectivity index (χ4n) is 1.68. The monoisotopic (exact) mass is 193 g/mol. The maximum atomic E-state index is 11.6. The van der Waals surface area contributed by atoms with Crippen LogP contribution in [-0.4, -0.2) is 17.0 Å². The molecule has 0 saturated heterocycles. The van der Waals surface area contributed by atoms with E-state index in [-0.39, 0.29) is 5.78 Å². The van der Waals surface area contributed by atoms with Crippen LogP contribution in [0, 0.1) is 0 Å². The maximum Gasteiger partial charge on any atom is 0.177 e. The van der Waals surface area contributed by atoms with Crippen LogP contribution in [0.3, 0.4) is 0 Å². The van der Waals surface area contributed by atoms with E-state index in [4.69, 9.17) is 0 Å². The normalized spacial score (nSPS) is 22.9. The minimum Gasteiger partial charge on any atom is -0.293 e. The lowest BCUT2D eigenvalue weighted by molar-refractivity contribution is 0.0941. The molecule has 0 fully saturated rings. The van der Waals surface area contributed by atoms with Crippen molar-refractivity contribution in [1.82, 2.24) is 4.67 Å². The van der Waals surface area contributed by atoms with Gasteiger partial charge in [-0.3, -0.25) is 9.46 Å². The molecule has 2 unspecified atom stereocenters. The van der Waals surface area contributed by atoms with Crippen molar-refractivity contribution < 1.29 is 4.79 Å². The average Bonchev–Trinajstić information content (AvgIpc) is 2.15. The molecule has 0 spiro atoms. The first-order chi connectivity index (χ1) is 6.20. The van der Waals surface area contributed by atoms with E-state index < -0.39 is 0 Å². The van der Waals surface area contributed by atoms with Gasteiger partial charge in [0.05, 0.1) is 6.54 Å². The van der Waals surface area contributed by atoms with E-state index in [1.165, 1.54) is 0 Å². The molecule has 1 heterocycles. The summed E-state index contributed by atoms with van der Waals surface area (Å²) in [6, 6.07) is 8.15. The summed E-state index contributed by atoms with van der Waals surface area (Å²) in [6.45, 7) is 2.61. The SMILES string of the molecule is CC1c2ccccc2C(=O)CN1P. The first kappa shape index (κ1) is 8.86. The summed E-state index contributed by atoms with van der Waals surface area (Å²) < 4.78 is 1.99. The van der Waals surface area contributed by atoms with Crippen molar-refractivity contribution in [2.75, 3.05) is 6.54 Å². The molecule has 1 aromatic rings. The lowest BCUT2D eigenvalue weighted by Crippen LogP contribution is -2.30. The number of hydrogen-bond acceptors (Lipinski definition) is 2. The third-order valence-electron chi connectivity index (χ3n) is 2.53. The van der Waals surface area contributed by atoms with Gasteiger partial charge in [0, 0.05) is 11.6 Å². The quantitative estimate of drug-likeness (QED) is 0.587. The van der Waals surface area contributed by atoms with Gasteiger partial charge in [0.25, 0.3) is 0 Å². The number of benzene rings is 1. The molecule has 1 aliphatic heterocycles. The van der Waals surface area contributed by atoms with Gasteiger partial charge in [-0.05, 0) is 12.5 Å². The van der Waals surface area contributed by atoms with Gasteiger partial charge in [-0.25, -0.2) is 0 Å². The molecule has 0 aromatic heterocycles. The standard InChI is InChI=1S/C10H12NOP/c1-7-8-4-2-3-5-9(8)10(12)6-11(7)13/h2-5,7H,6,13H2,1H3. The zero-order chi connectivity index (χ0) is 9.42. The Labute approximate surface area is 80.2 Å². The Bertz CT molecular complexity index is 351. The van der Waals surface area contributed by atoms with Crippen molar-refractivity contribution in [3.05, 3.63) is 35.4 Å². The van der Waals surface area contributed by atoms with Crippen molar-refractivity contribution >= 4 is 15.2 Å². The minimum absolute atomic E-state index is 0.212. The molecule has 0 aliphatic carbocycles. The van der Waals surface area contributed by atoms with Crippen LogP contribution in [-0.2, 0) is 0 Å². The molecule has 0 N–H and O–H groups in total. The van der Waals surface area contributed by atoms with Crippen LogP contribution in [0.5, 0.6) is 0 Å². The zero-order valence-electron chi connectivity index (χ0n) is 7.53. The molecule has 2 atom stereocenters. The van der Waals surface area contributed by atoms with Crippen molar-refractivity contribution in [3.8, 4) is 0 Å². The number of Topliss-reactive ketones (excluding diaryl/α,β-unsaturated/α-hetero) is 1. The number of rotatable bonds is 0. The number of fused-ring (bicyclic) bond motifs is 1. The summed E-state index contributed by atoms with van der Waals surface area (Å²) in [5.41, 5.74) is 2.02. The second kappa shape index (κ2) is 3.21. The lowest BCUT2D eigenvalue weighted by Gasteiger charge is -2.30. The number of nitrogens with zero attached hydrogens (tertiary/aromatic N) is 1. The van der Waals surface area contributed by atoms with Crippen LogP contribution in [0.25, 0.3) is 0 Å². The summed E-state index contributed by atoms with van der Waals surface area (Å²) in [4.78, 5) is 11.6. The summed E-state index contributed by atoms with van der Waals surface area (Å²) in [6.07, 6.45) is 0. The predicted octanol–water partition coefficient (Wildman–Crippen LogP) is 2.04. The van der Waals surface area contributed by atoms with E-state index in [0.29, 0.717) is 12.6 Å². The smallest absolute Gasteiger partial charge is 0.177 e. The van der Waals surface area contributed by atoms with E-state index in [9.17, 15) is 4.79 Å². The van der Waals surface area contributed by atoms with Crippen molar-refractivity contribution in [2.24, 2.45) is 0 Å². The van der Waals surface area contributed by atoms with Crippen LogP contribution >= 0.6 is 9.39 Å². The van der Waals surface area contributed by atoms with Crippen molar-refractivity contribution in [3.63, 3.8) is 0 Å². The molecule has 0 amide bonds. The fraction of sp³-hybridized carbons (Fsp3) is 0.300. The molecule has 0 saturated carbocycles. The Morgan fingerprint density at radius 3 is 2.92 bits per heavy atom. The highest BCUT2D eigenvalue weighted by Crippen LogP contribution is 2.30. The maximum absolute atomic E-state index is 11.6. The summed E-state index contributed by atoms with van der Waals surface area (Å²) >= 11 is 0. The third-order valence-corrected chi connectivity index (χ3v) is 3.16. The van der Waals surface area contributed by atoms with Gasteiger partial charge in [0.1, 0.15) is 0 Å². The van der Waals surface area contributed by atoms with Crippen LogP contribution in [0.4, 0.5) is 0 Å². The molecular formula is C10H12NOP. The van der Waals surface area contributed by atoms with Crippen LogP contribution < -0.4 is 0 Å². The third kappa shape index (κ3) is 1.41. The Kier molecular flexibility index (Phi) is 2.19. The molecule has 0 radical (unpaired) electrons. The highest BCUT2D eigenvalue weighted by atomic mass is 31.0. The zero-order valence-corrected chi connectivity index (χ0v) is 8.68. The lowest BCUT2D eigenvalue weighted by atomic mass is 9.95. The second-order valence-electron chi connectivity index (χ2n) is 3.36. The Balaban J connectivity index is 2.53. The van der Waals surface area contributed by atoms with Gasteiger partial charge in [0.2, 0.25) is 0 Å². The van der Waals surface area contributed by atoms with Gasteiger partial charge in [-0.15, -0.1) is 0 Å². The van der Waals surface area contributed by atoms with E-state index in [1.54, 1.807) is 0 Å². The van der Waals surface area contributed by atoms with Gasteiger partial charge >= 0.3 is 0 Å². The molecular weight excluding hydrogens is 181 g/mol. The Morgan fingerprint density at radius 1 is 1.46 bits per heavy atom. The van der Waals surface area contributed by atoms with E-state index in [2.05, 4.69) is 16.3 Å². The summed E-state index contributed by atoms with van der Waals surface area (Å²) in [5, 5.41) is 0. The average molecular weight is 193 g/mol. The Morgan fingerprint density at radius 2 is 2.15 bits per heavy atom. The van der Waals surface area contributed by atoms with Crippen LogP contribution in [0.15, 0.2) is 24.3 Å². The molecule has 2 rings (SSSR count). The topological polar surface area (TPSA) is 20.3 Å². The van der Waals surface area contributed by atoms with Crippen LogP contribution in [0.1, 0.15) is 28.9 Å². The molecule has 1 aromatic carbocycles. The largest absolute Gasteiger partial charge is 0.293 e. The van der Waals surface area contributed by atoms with Crippen LogP contribution in [0.2, 0.25) is 0 Å². The molecule has 2 nitrogen and oxygen atoms in total. The van der Waals surface area contributed by atoms with Gasteiger partial charge in [-0.2, -0.15) is 0 Å². The predicted molar refractivity (Wildman–Crippen MR) is 55.6 cm³/mol. The first-order valence-corrected chi connectivity index (χ1v) is 4.85. The molecule has 13 heavy (non-hydrogen) atoms. The highest BCUT2D eigenvalue weighted by molar-refractivity contribution is 7.13. The minimum atomic E-state index is 0.212.